The summed E-state index contributed by atoms with van der Waals surface area (Å²) in [6.45, 7) is 2.12. The maximum atomic E-state index is 4.34. The Morgan fingerprint density at radius 1 is 1.54 bits per heavy atom. The number of hydrogen-bond acceptors (Lipinski definition) is 2. The van der Waals surface area contributed by atoms with Crippen LogP contribution in [0.5, 0.6) is 0 Å². The first-order valence-electron chi connectivity index (χ1n) is 4.19. The summed E-state index contributed by atoms with van der Waals surface area (Å²) in [4.78, 5) is 4.34. The van der Waals surface area contributed by atoms with Crippen molar-refractivity contribution in [3.05, 3.63) is 22.4 Å². The standard InChI is InChI=1S/C9H10BrN3/c1-3-6-4-7-8(11-5-6)9(10)12-13(7)2/h4-5H,3H2,1-2H3. The van der Waals surface area contributed by atoms with Gasteiger partial charge in [-0.2, -0.15) is 5.10 Å². The molecule has 0 saturated heterocycles. The van der Waals surface area contributed by atoms with Gasteiger partial charge in [-0.1, -0.05) is 6.92 Å². The van der Waals surface area contributed by atoms with Crippen molar-refractivity contribution in [2.24, 2.45) is 7.05 Å². The van der Waals surface area contributed by atoms with Crippen LogP contribution in [0.15, 0.2) is 16.9 Å². The van der Waals surface area contributed by atoms with E-state index >= 15 is 0 Å². The fourth-order valence-corrected chi connectivity index (χ4v) is 1.87. The number of halogens is 1. The van der Waals surface area contributed by atoms with Crippen LogP contribution >= 0.6 is 15.9 Å². The molecule has 0 aromatic carbocycles. The van der Waals surface area contributed by atoms with Gasteiger partial charge in [0, 0.05) is 13.2 Å². The minimum absolute atomic E-state index is 0.813. The van der Waals surface area contributed by atoms with Gasteiger partial charge in [-0.05, 0) is 34.0 Å². The first-order valence-corrected chi connectivity index (χ1v) is 4.98. The maximum Gasteiger partial charge on any atom is 0.154 e. The predicted molar refractivity (Wildman–Crippen MR) is 55.6 cm³/mol. The third kappa shape index (κ3) is 1.35. The molecular formula is C9H10BrN3. The van der Waals surface area contributed by atoms with Crippen LogP contribution in [0.3, 0.4) is 0 Å². The molecule has 3 nitrogen and oxygen atoms in total. The molecule has 13 heavy (non-hydrogen) atoms. The number of aromatic nitrogens is 3. The molecule has 2 aromatic heterocycles. The lowest BCUT2D eigenvalue weighted by Gasteiger charge is -1.96. The summed E-state index contributed by atoms with van der Waals surface area (Å²) in [5.74, 6) is 0. The fraction of sp³-hybridized carbons (Fsp3) is 0.333. The summed E-state index contributed by atoms with van der Waals surface area (Å²) in [5, 5.41) is 4.24. The molecule has 0 radical (unpaired) electrons. The number of hydrogen-bond donors (Lipinski definition) is 0. The molecule has 0 aliphatic rings. The Bertz CT molecular complexity index is 447. The fourth-order valence-electron chi connectivity index (χ4n) is 1.33. The second-order valence-electron chi connectivity index (χ2n) is 2.98. The molecule has 0 bridgehead atoms. The van der Waals surface area contributed by atoms with Crippen molar-refractivity contribution in [3.8, 4) is 0 Å². The monoisotopic (exact) mass is 239 g/mol. The highest BCUT2D eigenvalue weighted by Gasteiger charge is 2.06. The number of pyridine rings is 1. The molecule has 0 saturated carbocycles. The molecule has 4 heteroatoms. The third-order valence-corrected chi connectivity index (χ3v) is 2.65. The van der Waals surface area contributed by atoms with Crippen molar-refractivity contribution >= 4 is 27.0 Å². The molecule has 68 valence electrons. The zero-order valence-electron chi connectivity index (χ0n) is 7.58. The van der Waals surface area contributed by atoms with E-state index in [0.29, 0.717) is 0 Å². The first-order chi connectivity index (χ1) is 6.22. The van der Waals surface area contributed by atoms with Gasteiger partial charge < -0.3 is 0 Å². The van der Waals surface area contributed by atoms with Gasteiger partial charge in [0.1, 0.15) is 5.52 Å². The molecule has 2 rings (SSSR count). The van der Waals surface area contributed by atoms with Crippen molar-refractivity contribution in [2.75, 3.05) is 0 Å². The zero-order valence-corrected chi connectivity index (χ0v) is 9.17. The van der Waals surface area contributed by atoms with E-state index in [4.69, 9.17) is 0 Å². The summed E-state index contributed by atoms with van der Waals surface area (Å²) < 4.78 is 2.65. The van der Waals surface area contributed by atoms with E-state index in [1.807, 2.05) is 17.9 Å². The van der Waals surface area contributed by atoms with Crippen molar-refractivity contribution in [3.63, 3.8) is 0 Å². The normalized spacial score (nSPS) is 11.0. The number of fused-ring (bicyclic) bond motifs is 1. The molecule has 2 heterocycles. The molecule has 0 fully saturated rings. The van der Waals surface area contributed by atoms with Crippen LogP contribution in [0.2, 0.25) is 0 Å². The average Bonchev–Trinajstić information content (AvgIpc) is 2.42. The van der Waals surface area contributed by atoms with Crippen LogP contribution in [0.1, 0.15) is 12.5 Å². The van der Waals surface area contributed by atoms with E-state index in [0.717, 1.165) is 22.1 Å². The molecule has 0 aliphatic heterocycles. The van der Waals surface area contributed by atoms with Gasteiger partial charge in [-0.3, -0.25) is 9.67 Å². The highest BCUT2D eigenvalue weighted by Crippen LogP contribution is 2.20. The second-order valence-corrected chi connectivity index (χ2v) is 3.73. The second kappa shape index (κ2) is 3.10. The SMILES string of the molecule is CCc1cnc2c(Br)nn(C)c2c1. The van der Waals surface area contributed by atoms with Crippen LogP contribution in [0, 0.1) is 0 Å². The molecule has 0 N–H and O–H groups in total. The number of nitrogens with zero attached hydrogens (tertiary/aromatic N) is 3. The largest absolute Gasteiger partial charge is 0.265 e. The quantitative estimate of drug-likeness (QED) is 0.765. The Kier molecular flexibility index (Phi) is 2.07. The summed E-state index contributed by atoms with van der Waals surface area (Å²) in [5.41, 5.74) is 3.24. The lowest BCUT2D eigenvalue weighted by molar-refractivity contribution is 0.788. The number of aryl methyl sites for hydroxylation is 2. The number of rotatable bonds is 1. The Morgan fingerprint density at radius 3 is 3.00 bits per heavy atom. The lowest BCUT2D eigenvalue weighted by Crippen LogP contribution is -1.90. The third-order valence-electron chi connectivity index (χ3n) is 2.11. The molecule has 0 unspecified atom stereocenters. The van der Waals surface area contributed by atoms with Crippen LogP contribution in [-0.4, -0.2) is 14.8 Å². The molecule has 0 atom stereocenters. The predicted octanol–water partition coefficient (Wildman–Crippen LogP) is 2.29. The Hall–Kier alpha value is -0.900. The van der Waals surface area contributed by atoms with Crippen LogP contribution in [-0.2, 0) is 13.5 Å². The average molecular weight is 240 g/mol. The van der Waals surface area contributed by atoms with Crippen molar-refractivity contribution < 1.29 is 0 Å². The van der Waals surface area contributed by atoms with E-state index in [2.05, 4.69) is 39.0 Å². The van der Waals surface area contributed by atoms with Gasteiger partial charge in [-0.15, -0.1) is 0 Å². The van der Waals surface area contributed by atoms with E-state index < -0.39 is 0 Å². The topological polar surface area (TPSA) is 30.7 Å². The van der Waals surface area contributed by atoms with Gasteiger partial charge in [0.2, 0.25) is 0 Å². The van der Waals surface area contributed by atoms with Crippen molar-refractivity contribution in [1.29, 1.82) is 0 Å². The van der Waals surface area contributed by atoms with Crippen LogP contribution < -0.4 is 0 Å². The van der Waals surface area contributed by atoms with E-state index in [9.17, 15) is 0 Å². The Balaban J connectivity index is 2.76. The summed E-state index contributed by atoms with van der Waals surface area (Å²) in [6, 6.07) is 2.13. The molecule has 2 aromatic rings. The highest BCUT2D eigenvalue weighted by molar-refractivity contribution is 9.10. The van der Waals surface area contributed by atoms with E-state index in [1.54, 1.807) is 0 Å². The smallest absolute Gasteiger partial charge is 0.154 e. The maximum absolute atomic E-state index is 4.34. The first kappa shape index (κ1) is 8.69. The summed E-state index contributed by atoms with van der Waals surface area (Å²) >= 11 is 3.37. The summed E-state index contributed by atoms with van der Waals surface area (Å²) in [6.07, 6.45) is 2.90. The molecular weight excluding hydrogens is 230 g/mol. The highest BCUT2D eigenvalue weighted by atomic mass is 79.9. The van der Waals surface area contributed by atoms with Gasteiger partial charge in [0.15, 0.2) is 4.60 Å². The Morgan fingerprint density at radius 2 is 2.31 bits per heavy atom. The van der Waals surface area contributed by atoms with E-state index in [1.165, 1.54) is 5.56 Å². The van der Waals surface area contributed by atoms with Crippen molar-refractivity contribution in [2.45, 2.75) is 13.3 Å². The minimum atomic E-state index is 0.813. The van der Waals surface area contributed by atoms with Crippen LogP contribution in [0.25, 0.3) is 11.0 Å². The van der Waals surface area contributed by atoms with Crippen LogP contribution in [0.4, 0.5) is 0 Å². The Labute approximate surface area is 84.9 Å². The molecule has 0 aliphatic carbocycles. The lowest BCUT2D eigenvalue weighted by atomic mass is 10.2. The van der Waals surface area contributed by atoms with Gasteiger partial charge in [-0.25, -0.2) is 0 Å². The van der Waals surface area contributed by atoms with Crippen molar-refractivity contribution in [1.82, 2.24) is 14.8 Å². The van der Waals surface area contributed by atoms with Gasteiger partial charge in [0.25, 0.3) is 0 Å². The summed E-state index contributed by atoms with van der Waals surface area (Å²) in [7, 11) is 1.92. The molecule has 0 spiro atoms. The minimum Gasteiger partial charge on any atom is -0.265 e. The van der Waals surface area contributed by atoms with Gasteiger partial charge in [0.05, 0.1) is 5.52 Å². The molecule has 0 amide bonds. The zero-order chi connectivity index (χ0) is 9.42. The van der Waals surface area contributed by atoms with E-state index in [-0.39, 0.29) is 0 Å². The van der Waals surface area contributed by atoms with Gasteiger partial charge >= 0.3 is 0 Å².